The highest BCUT2D eigenvalue weighted by atomic mass is 16.5. The van der Waals surface area contributed by atoms with E-state index in [9.17, 15) is 5.11 Å². The lowest BCUT2D eigenvalue weighted by Gasteiger charge is -2.36. The third-order valence-corrected chi connectivity index (χ3v) is 4.85. The van der Waals surface area contributed by atoms with E-state index >= 15 is 0 Å². The standard InChI is InChI=1S/C18H29NO3/c1-13-7-9-18(20,10-8-13)12-19-14(2)15-5-6-16(21-3)17(11-15)22-4/h5-6,11,13-14,19-20H,7-10,12H2,1-4H3. The number of benzene rings is 1. The first-order valence-corrected chi connectivity index (χ1v) is 8.15. The third kappa shape index (κ3) is 4.14. The van der Waals surface area contributed by atoms with Crippen LogP contribution in [0.15, 0.2) is 18.2 Å². The van der Waals surface area contributed by atoms with E-state index in [-0.39, 0.29) is 6.04 Å². The fraction of sp³-hybridized carbons (Fsp3) is 0.667. The molecule has 0 heterocycles. The molecule has 2 N–H and O–H groups in total. The van der Waals surface area contributed by atoms with Crippen LogP contribution in [-0.4, -0.2) is 31.5 Å². The number of aliphatic hydroxyl groups is 1. The first kappa shape index (κ1) is 17.1. The number of hydrogen-bond acceptors (Lipinski definition) is 4. The fourth-order valence-corrected chi connectivity index (χ4v) is 3.06. The molecule has 0 bridgehead atoms. The molecule has 1 atom stereocenters. The highest BCUT2D eigenvalue weighted by Crippen LogP contribution is 2.33. The fourth-order valence-electron chi connectivity index (χ4n) is 3.06. The van der Waals surface area contributed by atoms with Crippen molar-refractivity contribution in [3.8, 4) is 11.5 Å². The molecular formula is C18H29NO3. The quantitative estimate of drug-likeness (QED) is 0.846. The summed E-state index contributed by atoms with van der Waals surface area (Å²) in [5.41, 5.74) is 0.572. The van der Waals surface area contributed by atoms with E-state index in [4.69, 9.17) is 9.47 Å². The van der Waals surface area contributed by atoms with Crippen molar-refractivity contribution in [2.24, 2.45) is 5.92 Å². The van der Waals surface area contributed by atoms with Gasteiger partial charge in [-0.25, -0.2) is 0 Å². The second-order valence-corrected chi connectivity index (χ2v) is 6.62. The molecule has 0 saturated heterocycles. The highest BCUT2D eigenvalue weighted by molar-refractivity contribution is 5.43. The molecule has 1 unspecified atom stereocenters. The van der Waals surface area contributed by atoms with Gasteiger partial charge in [-0.1, -0.05) is 13.0 Å². The molecule has 4 nitrogen and oxygen atoms in total. The molecule has 22 heavy (non-hydrogen) atoms. The topological polar surface area (TPSA) is 50.7 Å². The van der Waals surface area contributed by atoms with E-state index in [0.717, 1.165) is 48.7 Å². The van der Waals surface area contributed by atoms with Crippen molar-refractivity contribution in [1.29, 1.82) is 0 Å². The predicted octanol–water partition coefficient (Wildman–Crippen LogP) is 3.30. The Kier molecular flexibility index (Phi) is 5.70. The van der Waals surface area contributed by atoms with Crippen LogP contribution in [0.25, 0.3) is 0 Å². The molecular weight excluding hydrogens is 278 g/mol. The lowest BCUT2D eigenvalue weighted by molar-refractivity contribution is -0.00784. The molecule has 4 heteroatoms. The average molecular weight is 307 g/mol. The zero-order chi connectivity index (χ0) is 16.2. The number of ether oxygens (including phenoxy) is 2. The van der Waals surface area contributed by atoms with Crippen LogP contribution in [0, 0.1) is 5.92 Å². The van der Waals surface area contributed by atoms with Gasteiger partial charge in [-0.3, -0.25) is 0 Å². The lowest BCUT2D eigenvalue weighted by Crippen LogP contribution is -2.44. The average Bonchev–Trinajstić information content (AvgIpc) is 2.55. The maximum atomic E-state index is 10.7. The maximum Gasteiger partial charge on any atom is 0.161 e. The van der Waals surface area contributed by atoms with Crippen molar-refractivity contribution in [3.63, 3.8) is 0 Å². The van der Waals surface area contributed by atoms with Gasteiger partial charge < -0.3 is 19.9 Å². The zero-order valence-electron chi connectivity index (χ0n) is 14.2. The number of nitrogens with one attached hydrogen (secondary N) is 1. The Bertz CT molecular complexity index is 481. The van der Waals surface area contributed by atoms with Gasteiger partial charge >= 0.3 is 0 Å². The molecule has 1 saturated carbocycles. The third-order valence-electron chi connectivity index (χ3n) is 4.85. The summed E-state index contributed by atoms with van der Waals surface area (Å²) >= 11 is 0. The smallest absolute Gasteiger partial charge is 0.161 e. The lowest BCUT2D eigenvalue weighted by atomic mass is 9.79. The minimum Gasteiger partial charge on any atom is -0.493 e. The van der Waals surface area contributed by atoms with Crippen LogP contribution in [0.3, 0.4) is 0 Å². The van der Waals surface area contributed by atoms with Crippen LogP contribution >= 0.6 is 0 Å². The Morgan fingerprint density at radius 3 is 2.45 bits per heavy atom. The van der Waals surface area contributed by atoms with Gasteiger partial charge in [-0.15, -0.1) is 0 Å². The molecule has 2 rings (SSSR count). The molecule has 0 aliphatic heterocycles. The molecule has 1 aliphatic rings. The molecule has 0 amide bonds. The monoisotopic (exact) mass is 307 g/mol. The van der Waals surface area contributed by atoms with E-state index in [1.54, 1.807) is 14.2 Å². The summed E-state index contributed by atoms with van der Waals surface area (Å²) in [6.07, 6.45) is 4.01. The van der Waals surface area contributed by atoms with Crippen molar-refractivity contribution in [1.82, 2.24) is 5.32 Å². The van der Waals surface area contributed by atoms with Crippen LogP contribution < -0.4 is 14.8 Å². The molecule has 124 valence electrons. The van der Waals surface area contributed by atoms with Gasteiger partial charge in [0.2, 0.25) is 0 Å². The van der Waals surface area contributed by atoms with Crippen LogP contribution in [-0.2, 0) is 0 Å². The Labute approximate surface area is 133 Å². The van der Waals surface area contributed by atoms with Gasteiger partial charge in [0.05, 0.1) is 19.8 Å². The van der Waals surface area contributed by atoms with Crippen LogP contribution in [0.5, 0.6) is 11.5 Å². The summed E-state index contributed by atoms with van der Waals surface area (Å²) in [5, 5.41) is 14.1. The summed E-state index contributed by atoms with van der Waals surface area (Å²) < 4.78 is 10.6. The van der Waals surface area contributed by atoms with Gasteiger partial charge in [0, 0.05) is 12.6 Å². The van der Waals surface area contributed by atoms with Gasteiger partial charge in [-0.2, -0.15) is 0 Å². The number of rotatable bonds is 6. The molecule has 1 aromatic rings. The maximum absolute atomic E-state index is 10.7. The first-order valence-electron chi connectivity index (χ1n) is 8.15. The normalized spacial score (nSPS) is 26.5. The van der Waals surface area contributed by atoms with Gasteiger partial charge in [-0.05, 0) is 56.2 Å². The van der Waals surface area contributed by atoms with Crippen LogP contribution in [0.1, 0.15) is 51.1 Å². The van der Waals surface area contributed by atoms with E-state index in [0.29, 0.717) is 6.54 Å². The Morgan fingerprint density at radius 1 is 1.23 bits per heavy atom. The first-order chi connectivity index (χ1) is 10.5. The van der Waals surface area contributed by atoms with Crippen molar-refractivity contribution in [2.45, 2.75) is 51.2 Å². The summed E-state index contributed by atoms with van der Waals surface area (Å²) in [7, 11) is 3.28. The van der Waals surface area contributed by atoms with Gasteiger partial charge in [0.1, 0.15) is 0 Å². The van der Waals surface area contributed by atoms with E-state index in [2.05, 4.69) is 19.2 Å². The van der Waals surface area contributed by atoms with E-state index in [1.807, 2.05) is 18.2 Å². The van der Waals surface area contributed by atoms with E-state index in [1.165, 1.54) is 0 Å². The minimum atomic E-state index is -0.558. The van der Waals surface area contributed by atoms with Crippen LogP contribution in [0.2, 0.25) is 0 Å². The highest BCUT2D eigenvalue weighted by Gasteiger charge is 2.31. The Hall–Kier alpha value is -1.26. The summed E-state index contributed by atoms with van der Waals surface area (Å²) in [4.78, 5) is 0. The molecule has 0 spiro atoms. The number of hydrogen-bond donors (Lipinski definition) is 2. The minimum absolute atomic E-state index is 0.156. The Balaban J connectivity index is 1.96. The second kappa shape index (κ2) is 7.34. The molecule has 1 aliphatic carbocycles. The summed E-state index contributed by atoms with van der Waals surface area (Å²) in [6.45, 7) is 5.00. The molecule has 1 aromatic carbocycles. The van der Waals surface area contributed by atoms with Gasteiger partial charge in [0.25, 0.3) is 0 Å². The zero-order valence-corrected chi connectivity index (χ0v) is 14.2. The number of methoxy groups -OCH3 is 2. The Morgan fingerprint density at radius 2 is 1.86 bits per heavy atom. The summed E-state index contributed by atoms with van der Waals surface area (Å²) in [5.74, 6) is 2.21. The van der Waals surface area contributed by atoms with Crippen molar-refractivity contribution in [3.05, 3.63) is 23.8 Å². The molecule has 0 radical (unpaired) electrons. The molecule has 0 aromatic heterocycles. The van der Waals surface area contributed by atoms with Crippen LogP contribution in [0.4, 0.5) is 0 Å². The van der Waals surface area contributed by atoms with Crippen molar-refractivity contribution in [2.75, 3.05) is 20.8 Å². The second-order valence-electron chi connectivity index (χ2n) is 6.62. The van der Waals surface area contributed by atoms with Gasteiger partial charge in [0.15, 0.2) is 11.5 Å². The molecule has 1 fully saturated rings. The SMILES string of the molecule is COc1ccc(C(C)NCC2(O)CCC(C)CC2)cc1OC. The summed E-state index contributed by atoms with van der Waals surface area (Å²) in [6, 6.07) is 6.10. The largest absolute Gasteiger partial charge is 0.493 e. The predicted molar refractivity (Wildman–Crippen MR) is 88.5 cm³/mol. The van der Waals surface area contributed by atoms with E-state index < -0.39 is 5.60 Å². The van der Waals surface area contributed by atoms with Crippen molar-refractivity contribution >= 4 is 0 Å². The van der Waals surface area contributed by atoms with Crippen molar-refractivity contribution < 1.29 is 14.6 Å².